The first kappa shape index (κ1) is 27.7. The number of hydrogen-bond donors (Lipinski definition) is 0. The van der Waals surface area contributed by atoms with Crippen molar-refractivity contribution in [1.82, 2.24) is 0 Å². The molecule has 0 N–H and O–H groups in total. The molecule has 0 unspecified atom stereocenters. The third kappa shape index (κ3) is 4.40. The van der Waals surface area contributed by atoms with Gasteiger partial charge in [-0.2, -0.15) is 0 Å². The second kappa shape index (κ2) is 11.1. The Morgan fingerprint density at radius 2 is 0.796 bits per heavy atom. The summed E-state index contributed by atoms with van der Waals surface area (Å²) in [5, 5.41) is 9.79. The third-order valence-corrected chi connectivity index (χ3v) is 10.1. The lowest BCUT2D eigenvalue weighted by molar-refractivity contribution is 0.670. The molecule has 0 aliphatic carbocycles. The normalized spacial score (nSPS) is 11.7. The lowest BCUT2D eigenvalue weighted by Gasteiger charge is -2.20. The number of fused-ring (bicyclic) bond motifs is 6. The second-order valence-corrected chi connectivity index (χ2v) is 12.8. The zero-order valence-corrected chi connectivity index (χ0v) is 26.7. The van der Waals surface area contributed by atoms with Gasteiger partial charge in [0.25, 0.3) is 0 Å². The van der Waals surface area contributed by atoms with E-state index in [2.05, 4.69) is 170 Å². The standard InChI is InChI=1S/C48H30O/c1-2-13-34-30-35(29-24-31(34)12-1)36-14-3-4-16-39(36)47-42-19-7-5-17-40(42)46(41-18-6-8-20-43(41)47)33-27-25-32(26-28-33)37-21-11-22-44-38-15-9-10-23-45(38)49-48(37)44/h1-30H. The average Bonchev–Trinajstić information content (AvgIpc) is 3.56. The van der Waals surface area contributed by atoms with E-state index in [1.54, 1.807) is 0 Å². The van der Waals surface area contributed by atoms with Crippen LogP contribution in [-0.2, 0) is 0 Å². The van der Waals surface area contributed by atoms with Crippen molar-refractivity contribution >= 4 is 54.3 Å². The van der Waals surface area contributed by atoms with Crippen LogP contribution in [0.4, 0.5) is 0 Å². The van der Waals surface area contributed by atoms with Crippen LogP contribution in [0.2, 0.25) is 0 Å². The van der Waals surface area contributed by atoms with Crippen LogP contribution in [0.1, 0.15) is 0 Å². The van der Waals surface area contributed by atoms with Crippen LogP contribution < -0.4 is 0 Å². The minimum Gasteiger partial charge on any atom is -0.455 e. The molecular formula is C48H30O. The van der Waals surface area contributed by atoms with E-state index in [-0.39, 0.29) is 0 Å². The van der Waals surface area contributed by atoms with Crippen LogP contribution in [0.15, 0.2) is 186 Å². The summed E-state index contributed by atoms with van der Waals surface area (Å²) in [7, 11) is 0. The molecule has 228 valence electrons. The number of benzene rings is 9. The molecule has 0 radical (unpaired) electrons. The third-order valence-electron chi connectivity index (χ3n) is 10.1. The van der Waals surface area contributed by atoms with Crippen molar-refractivity contribution in [2.45, 2.75) is 0 Å². The molecule has 1 heterocycles. The second-order valence-electron chi connectivity index (χ2n) is 12.8. The van der Waals surface area contributed by atoms with Crippen LogP contribution in [0.3, 0.4) is 0 Å². The predicted molar refractivity (Wildman–Crippen MR) is 208 cm³/mol. The largest absolute Gasteiger partial charge is 0.455 e. The topological polar surface area (TPSA) is 13.1 Å². The Bertz CT molecular complexity index is 2810. The predicted octanol–water partition coefficient (Wildman–Crippen LogP) is 13.7. The summed E-state index contributed by atoms with van der Waals surface area (Å²) in [6.07, 6.45) is 0. The Hall–Kier alpha value is -6.44. The van der Waals surface area contributed by atoms with Crippen LogP contribution in [0, 0.1) is 0 Å². The van der Waals surface area contributed by atoms with Crippen molar-refractivity contribution in [3.8, 4) is 44.5 Å². The molecule has 1 nitrogen and oxygen atoms in total. The molecule has 10 aromatic rings. The Labute approximate surface area is 284 Å². The summed E-state index contributed by atoms with van der Waals surface area (Å²) >= 11 is 0. The van der Waals surface area contributed by atoms with Gasteiger partial charge in [-0.05, 0) is 83.4 Å². The van der Waals surface area contributed by atoms with Crippen molar-refractivity contribution in [3.05, 3.63) is 182 Å². The highest BCUT2D eigenvalue weighted by Gasteiger charge is 2.19. The van der Waals surface area contributed by atoms with Gasteiger partial charge in [-0.15, -0.1) is 0 Å². The zero-order valence-electron chi connectivity index (χ0n) is 26.7. The minimum absolute atomic E-state index is 0.918. The molecule has 0 spiro atoms. The molecule has 1 heteroatoms. The number of para-hydroxylation sites is 2. The highest BCUT2D eigenvalue weighted by molar-refractivity contribution is 6.22. The fraction of sp³-hybridized carbons (Fsp3) is 0. The summed E-state index contributed by atoms with van der Waals surface area (Å²) in [6.45, 7) is 0. The van der Waals surface area contributed by atoms with Gasteiger partial charge in [-0.1, -0.05) is 170 Å². The van der Waals surface area contributed by atoms with Gasteiger partial charge in [0.05, 0.1) is 0 Å². The zero-order chi connectivity index (χ0) is 32.3. The van der Waals surface area contributed by atoms with Gasteiger partial charge in [-0.25, -0.2) is 0 Å². The van der Waals surface area contributed by atoms with E-state index < -0.39 is 0 Å². The van der Waals surface area contributed by atoms with Crippen molar-refractivity contribution in [2.75, 3.05) is 0 Å². The maximum atomic E-state index is 6.39. The van der Waals surface area contributed by atoms with E-state index in [1.165, 1.54) is 65.7 Å². The van der Waals surface area contributed by atoms with Gasteiger partial charge >= 0.3 is 0 Å². The maximum absolute atomic E-state index is 6.39. The summed E-state index contributed by atoms with van der Waals surface area (Å²) in [4.78, 5) is 0. The van der Waals surface area contributed by atoms with Crippen LogP contribution in [0.5, 0.6) is 0 Å². The molecule has 9 aromatic carbocycles. The summed E-state index contributed by atoms with van der Waals surface area (Å²) in [5.41, 5.74) is 11.5. The Morgan fingerprint density at radius 3 is 1.53 bits per heavy atom. The Kier molecular flexibility index (Phi) is 6.25. The summed E-state index contributed by atoms with van der Waals surface area (Å²) in [6, 6.07) is 65.8. The molecule has 0 amide bonds. The van der Waals surface area contributed by atoms with Gasteiger partial charge in [0.15, 0.2) is 0 Å². The van der Waals surface area contributed by atoms with Crippen LogP contribution >= 0.6 is 0 Å². The first-order valence-corrected chi connectivity index (χ1v) is 16.8. The van der Waals surface area contributed by atoms with E-state index in [1.807, 2.05) is 12.1 Å². The fourth-order valence-corrected chi connectivity index (χ4v) is 7.83. The maximum Gasteiger partial charge on any atom is 0.143 e. The van der Waals surface area contributed by atoms with Gasteiger partial charge < -0.3 is 4.42 Å². The van der Waals surface area contributed by atoms with E-state index in [0.717, 1.165) is 33.1 Å². The molecule has 0 aliphatic rings. The van der Waals surface area contributed by atoms with Gasteiger partial charge in [-0.3, -0.25) is 0 Å². The molecule has 49 heavy (non-hydrogen) atoms. The van der Waals surface area contributed by atoms with Crippen molar-refractivity contribution < 1.29 is 4.42 Å². The lowest BCUT2D eigenvalue weighted by atomic mass is 9.83. The van der Waals surface area contributed by atoms with Gasteiger partial charge in [0.1, 0.15) is 11.2 Å². The molecule has 0 aliphatic heterocycles. The molecule has 10 rings (SSSR count). The molecule has 0 fully saturated rings. The van der Waals surface area contributed by atoms with Gasteiger partial charge in [0, 0.05) is 16.3 Å². The van der Waals surface area contributed by atoms with E-state index in [0.29, 0.717) is 0 Å². The first-order valence-electron chi connectivity index (χ1n) is 16.8. The summed E-state index contributed by atoms with van der Waals surface area (Å²) in [5.74, 6) is 0. The molecule has 0 saturated heterocycles. The van der Waals surface area contributed by atoms with Crippen molar-refractivity contribution in [3.63, 3.8) is 0 Å². The monoisotopic (exact) mass is 622 g/mol. The number of rotatable bonds is 4. The molecule has 0 bridgehead atoms. The van der Waals surface area contributed by atoms with Crippen LogP contribution in [0.25, 0.3) is 98.8 Å². The highest BCUT2D eigenvalue weighted by Crippen LogP contribution is 2.46. The van der Waals surface area contributed by atoms with E-state index in [4.69, 9.17) is 4.42 Å². The first-order chi connectivity index (χ1) is 24.3. The highest BCUT2D eigenvalue weighted by atomic mass is 16.3. The minimum atomic E-state index is 0.918. The molecule has 1 aromatic heterocycles. The molecular weight excluding hydrogens is 593 g/mol. The Balaban J connectivity index is 1.17. The lowest BCUT2D eigenvalue weighted by Crippen LogP contribution is -1.93. The molecule has 0 atom stereocenters. The SMILES string of the molecule is c1ccc(-c2c3ccccc3c(-c3ccc(-c4cccc5c4oc4ccccc45)cc3)c3ccccc23)c(-c2ccc3ccccc3c2)c1. The number of furan rings is 1. The van der Waals surface area contributed by atoms with Crippen LogP contribution in [-0.4, -0.2) is 0 Å². The smallest absolute Gasteiger partial charge is 0.143 e. The van der Waals surface area contributed by atoms with Gasteiger partial charge in [0.2, 0.25) is 0 Å². The summed E-state index contributed by atoms with van der Waals surface area (Å²) < 4.78 is 6.39. The average molecular weight is 623 g/mol. The quantitative estimate of drug-likeness (QED) is 0.178. The van der Waals surface area contributed by atoms with E-state index >= 15 is 0 Å². The fourth-order valence-electron chi connectivity index (χ4n) is 7.83. The number of hydrogen-bond acceptors (Lipinski definition) is 1. The molecule has 0 saturated carbocycles. The van der Waals surface area contributed by atoms with Crippen molar-refractivity contribution in [2.24, 2.45) is 0 Å². The van der Waals surface area contributed by atoms with E-state index in [9.17, 15) is 0 Å². The van der Waals surface area contributed by atoms with Crippen molar-refractivity contribution in [1.29, 1.82) is 0 Å². The Morgan fingerprint density at radius 1 is 0.286 bits per heavy atom.